The maximum atomic E-state index is 5.58. The van der Waals surface area contributed by atoms with Gasteiger partial charge in [-0.05, 0) is 26.7 Å². The van der Waals surface area contributed by atoms with Crippen molar-refractivity contribution in [1.29, 1.82) is 0 Å². The third kappa shape index (κ3) is 5.89. The van der Waals surface area contributed by atoms with Crippen molar-refractivity contribution in [1.82, 2.24) is 0 Å². The molecule has 0 aromatic rings. The van der Waals surface area contributed by atoms with Crippen LogP contribution in [-0.2, 0) is 9.31 Å². The van der Waals surface area contributed by atoms with E-state index in [0.29, 0.717) is 0 Å². The molecular weight excluding hydrogens is 163 g/mol. The minimum atomic E-state index is -0.259. The van der Waals surface area contributed by atoms with E-state index in [2.05, 4.69) is 20.4 Å². The zero-order valence-corrected chi connectivity index (χ0v) is 9.25. The molecular formula is C10H21BO2. The van der Waals surface area contributed by atoms with Crippen LogP contribution in [-0.4, -0.2) is 19.3 Å². The normalized spacial score (nSPS) is 15.1. The zero-order valence-electron chi connectivity index (χ0n) is 9.25. The summed E-state index contributed by atoms with van der Waals surface area (Å²) in [6, 6.07) is 0. The van der Waals surface area contributed by atoms with Gasteiger partial charge in [-0.3, -0.25) is 0 Å². The summed E-state index contributed by atoms with van der Waals surface area (Å²) in [6.07, 6.45) is 2.45. The molecule has 0 aliphatic rings. The topological polar surface area (TPSA) is 18.5 Å². The van der Waals surface area contributed by atoms with Gasteiger partial charge in [0.05, 0.1) is 0 Å². The van der Waals surface area contributed by atoms with Crippen molar-refractivity contribution in [3.05, 3.63) is 12.6 Å². The molecule has 0 saturated carbocycles. The van der Waals surface area contributed by atoms with E-state index < -0.39 is 0 Å². The van der Waals surface area contributed by atoms with E-state index >= 15 is 0 Å². The largest absolute Gasteiger partial charge is 0.485 e. The minimum absolute atomic E-state index is 0.229. The van der Waals surface area contributed by atoms with Crippen LogP contribution in [0, 0.1) is 0 Å². The lowest BCUT2D eigenvalue weighted by molar-refractivity contribution is 0.118. The van der Waals surface area contributed by atoms with E-state index in [-0.39, 0.29) is 19.3 Å². The third-order valence-corrected chi connectivity index (χ3v) is 2.08. The molecule has 0 rings (SSSR count). The second kappa shape index (κ2) is 7.16. The van der Waals surface area contributed by atoms with Crippen molar-refractivity contribution in [3.8, 4) is 0 Å². The summed E-state index contributed by atoms with van der Waals surface area (Å²) in [4.78, 5) is 0. The molecule has 2 atom stereocenters. The van der Waals surface area contributed by atoms with Crippen LogP contribution in [0.25, 0.3) is 0 Å². The molecule has 3 heteroatoms. The molecule has 0 N–H and O–H groups in total. The molecule has 2 unspecified atom stereocenters. The third-order valence-electron chi connectivity index (χ3n) is 2.08. The number of rotatable bonds is 7. The van der Waals surface area contributed by atoms with Crippen molar-refractivity contribution >= 4 is 7.12 Å². The Bertz CT molecular complexity index is 127. The van der Waals surface area contributed by atoms with Crippen molar-refractivity contribution in [2.75, 3.05) is 0 Å². The van der Waals surface area contributed by atoms with E-state index in [1.54, 1.807) is 5.98 Å². The molecule has 2 nitrogen and oxygen atoms in total. The van der Waals surface area contributed by atoms with Gasteiger partial charge in [0.25, 0.3) is 0 Å². The molecule has 0 spiro atoms. The van der Waals surface area contributed by atoms with Gasteiger partial charge in [0.1, 0.15) is 0 Å². The summed E-state index contributed by atoms with van der Waals surface area (Å²) in [5.74, 6) is 1.71. The molecule has 0 aliphatic heterocycles. The first-order valence-corrected chi connectivity index (χ1v) is 5.07. The van der Waals surface area contributed by atoms with Crippen LogP contribution in [0.2, 0.25) is 0 Å². The molecule has 0 aromatic heterocycles. The summed E-state index contributed by atoms with van der Waals surface area (Å²) in [5, 5.41) is 0. The first-order valence-electron chi connectivity index (χ1n) is 5.07. The molecule has 0 aliphatic carbocycles. The molecule has 0 saturated heterocycles. The van der Waals surface area contributed by atoms with Crippen molar-refractivity contribution < 1.29 is 9.31 Å². The Kier molecular flexibility index (Phi) is 7.01. The zero-order chi connectivity index (χ0) is 10.3. The van der Waals surface area contributed by atoms with Gasteiger partial charge in [-0.15, -0.1) is 6.58 Å². The smallest absolute Gasteiger partial charge is 0.405 e. The fourth-order valence-electron chi connectivity index (χ4n) is 0.794. The van der Waals surface area contributed by atoms with Crippen LogP contribution >= 0.6 is 0 Å². The summed E-state index contributed by atoms with van der Waals surface area (Å²) >= 11 is 0. The van der Waals surface area contributed by atoms with Gasteiger partial charge >= 0.3 is 7.12 Å². The van der Waals surface area contributed by atoms with E-state index in [0.717, 1.165) is 12.8 Å². The highest BCUT2D eigenvalue weighted by Gasteiger charge is 2.18. The van der Waals surface area contributed by atoms with Gasteiger partial charge in [0.2, 0.25) is 0 Å². The Morgan fingerprint density at radius 1 is 1.15 bits per heavy atom. The second-order valence-electron chi connectivity index (χ2n) is 3.31. The summed E-state index contributed by atoms with van der Waals surface area (Å²) in [5.41, 5.74) is 0. The fourth-order valence-corrected chi connectivity index (χ4v) is 0.794. The van der Waals surface area contributed by atoms with Gasteiger partial charge < -0.3 is 9.31 Å². The number of hydrogen-bond donors (Lipinski definition) is 0. The van der Waals surface area contributed by atoms with Crippen LogP contribution in [0.15, 0.2) is 12.6 Å². The first kappa shape index (κ1) is 12.7. The minimum Gasteiger partial charge on any atom is -0.405 e. The van der Waals surface area contributed by atoms with Crippen molar-refractivity contribution in [2.45, 2.75) is 52.7 Å². The lowest BCUT2D eigenvalue weighted by atomic mass is 9.89. The molecule has 0 aromatic carbocycles. The van der Waals surface area contributed by atoms with Gasteiger partial charge in [0.15, 0.2) is 0 Å². The summed E-state index contributed by atoms with van der Waals surface area (Å²) in [6.45, 7) is 11.9. The molecule has 13 heavy (non-hydrogen) atoms. The van der Waals surface area contributed by atoms with Crippen LogP contribution in [0.3, 0.4) is 0 Å². The molecule has 76 valence electrons. The maximum Gasteiger partial charge on any atom is 0.485 e. The van der Waals surface area contributed by atoms with Crippen LogP contribution in [0.1, 0.15) is 40.5 Å². The lowest BCUT2D eigenvalue weighted by Crippen LogP contribution is -2.29. The average Bonchev–Trinajstić information content (AvgIpc) is 2.16. The van der Waals surface area contributed by atoms with Crippen molar-refractivity contribution in [2.24, 2.45) is 0 Å². The second-order valence-corrected chi connectivity index (χ2v) is 3.31. The highest BCUT2D eigenvalue weighted by molar-refractivity contribution is 6.50. The quantitative estimate of drug-likeness (QED) is 0.566. The Balaban J connectivity index is 3.81. The predicted molar refractivity (Wildman–Crippen MR) is 57.6 cm³/mol. The molecule has 0 bridgehead atoms. The maximum absolute atomic E-state index is 5.58. The Labute approximate surface area is 82.5 Å². The predicted octanol–water partition coefficient (Wildman–Crippen LogP) is 2.83. The molecule has 0 radical (unpaired) electrons. The van der Waals surface area contributed by atoms with Crippen LogP contribution in [0.4, 0.5) is 0 Å². The SMILES string of the molecule is C=CB(OC(C)CC)OC(C)CC. The van der Waals surface area contributed by atoms with Gasteiger partial charge in [-0.2, -0.15) is 0 Å². The monoisotopic (exact) mass is 184 g/mol. The van der Waals surface area contributed by atoms with Crippen LogP contribution < -0.4 is 0 Å². The molecule has 0 fully saturated rings. The first-order chi connectivity index (χ1) is 6.13. The van der Waals surface area contributed by atoms with Gasteiger partial charge in [0, 0.05) is 12.2 Å². The lowest BCUT2D eigenvalue weighted by Gasteiger charge is -2.19. The van der Waals surface area contributed by atoms with Gasteiger partial charge in [-0.1, -0.05) is 19.8 Å². The standard InChI is InChI=1S/C10H21BO2/c1-6-9(4)12-11(8-3)13-10(5)7-2/h8-10H,3,6-7H2,1-2,4-5H3. The number of hydrogen-bond acceptors (Lipinski definition) is 2. The Morgan fingerprint density at radius 2 is 1.54 bits per heavy atom. The fraction of sp³-hybridized carbons (Fsp3) is 0.800. The highest BCUT2D eigenvalue weighted by Crippen LogP contribution is 2.05. The summed E-state index contributed by atoms with van der Waals surface area (Å²) in [7, 11) is -0.259. The average molecular weight is 184 g/mol. The molecule has 0 amide bonds. The Hall–Kier alpha value is -0.275. The van der Waals surface area contributed by atoms with E-state index in [1.165, 1.54) is 0 Å². The van der Waals surface area contributed by atoms with Crippen LogP contribution in [0.5, 0.6) is 0 Å². The van der Waals surface area contributed by atoms with Crippen molar-refractivity contribution in [3.63, 3.8) is 0 Å². The molecule has 0 heterocycles. The summed E-state index contributed by atoms with van der Waals surface area (Å²) < 4.78 is 11.2. The van der Waals surface area contributed by atoms with Gasteiger partial charge in [-0.25, -0.2) is 0 Å². The highest BCUT2D eigenvalue weighted by atomic mass is 16.6. The Morgan fingerprint density at radius 3 is 1.77 bits per heavy atom. The van der Waals surface area contributed by atoms with E-state index in [9.17, 15) is 0 Å². The van der Waals surface area contributed by atoms with E-state index in [1.807, 2.05) is 13.8 Å². The van der Waals surface area contributed by atoms with E-state index in [4.69, 9.17) is 9.31 Å².